The molecule has 1 aromatic heterocycles. The molecule has 1 saturated heterocycles. The van der Waals surface area contributed by atoms with Crippen molar-refractivity contribution in [2.75, 3.05) is 26.2 Å². The smallest absolute Gasteiger partial charge is 0.247 e. The summed E-state index contributed by atoms with van der Waals surface area (Å²) >= 11 is 0. The number of rotatable bonds is 6. The van der Waals surface area contributed by atoms with Crippen LogP contribution in [0.15, 0.2) is 57.8 Å². The first-order valence-corrected chi connectivity index (χ1v) is 11.5. The minimum absolute atomic E-state index is 0.147. The Labute approximate surface area is 181 Å². The average molecular weight is 441 g/mol. The van der Waals surface area contributed by atoms with E-state index < -0.39 is 10.0 Å². The second kappa shape index (κ2) is 8.70. The van der Waals surface area contributed by atoms with E-state index in [9.17, 15) is 13.2 Å². The molecular weight excluding hydrogens is 416 g/mol. The summed E-state index contributed by atoms with van der Waals surface area (Å²) in [6.07, 6.45) is 0. The van der Waals surface area contributed by atoms with E-state index in [1.807, 2.05) is 31.2 Å². The molecule has 0 amide bonds. The Morgan fingerprint density at radius 1 is 1.03 bits per heavy atom. The topological polar surface area (TPSA) is 96.6 Å². The van der Waals surface area contributed by atoms with Gasteiger partial charge in [0.2, 0.25) is 21.8 Å². The molecule has 0 N–H and O–H groups in total. The molecule has 162 valence electrons. The summed E-state index contributed by atoms with van der Waals surface area (Å²) < 4.78 is 33.2. The van der Waals surface area contributed by atoms with Crippen LogP contribution in [0.4, 0.5) is 0 Å². The fourth-order valence-electron chi connectivity index (χ4n) is 3.56. The number of aromatic nitrogens is 2. The number of carbonyl (C=O) groups is 1. The van der Waals surface area contributed by atoms with Crippen LogP contribution in [0.25, 0.3) is 11.5 Å². The van der Waals surface area contributed by atoms with Crippen molar-refractivity contribution >= 4 is 15.8 Å². The maximum atomic E-state index is 13.0. The van der Waals surface area contributed by atoms with Crippen LogP contribution in [-0.4, -0.2) is 59.8 Å². The van der Waals surface area contributed by atoms with Crippen molar-refractivity contribution in [1.29, 1.82) is 0 Å². The Hall–Kier alpha value is -2.88. The molecule has 9 heteroatoms. The minimum Gasteiger partial charge on any atom is -0.419 e. The highest BCUT2D eigenvalue weighted by atomic mass is 32.2. The van der Waals surface area contributed by atoms with Crippen molar-refractivity contribution in [3.05, 3.63) is 65.5 Å². The first kappa shape index (κ1) is 21.4. The predicted molar refractivity (Wildman–Crippen MR) is 115 cm³/mol. The lowest BCUT2D eigenvalue weighted by molar-refractivity contribution is 0.101. The number of benzene rings is 2. The molecule has 31 heavy (non-hydrogen) atoms. The van der Waals surface area contributed by atoms with E-state index in [-0.39, 0.29) is 10.7 Å². The van der Waals surface area contributed by atoms with Gasteiger partial charge < -0.3 is 4.42 Å². The zero-order valence-corrected chi connectivity index (χ0v) is 18.3. The first-order valence-electron chi connectivity index (χ1n) is 10.1. The highest BCUT2D eigenvalue weighted by Crippen LogP contribution is 2.22. The molecule has 8 nitrogen and oxygen atoms in total. The zero-order chi connectivity index (χ0) is 22.0. The fraction of sp³-hybridized carbons (Fsp3) is 0.318. The van der Waals surface area contributed by atoms with Crippen molar-refractivity contribution in [1.82, 2.24) is 19.4 Å². The third-order valence-corrected chi connectivity index (χ3v) is 7.19. The van der Waals surface area contributed by atoms with Crippen molar-refractivity contribution in [3.8, 4) is 11.5 Å². The molecule has 0 aliphatic carbocycles. The molecule has 0 unspecified atom stereocenters. The van der Waals surface area contributed by atoms with Crippen LogP contribution in [0.2, 0.25) is 0 Å². The molecule has 2 heterocycles. The van der Waals surface area contributed by atoms with Gasteiger partial charge in [-0.15, -0.1) is 10.2 Å². The monoisotopic (exact) mass is 440 g/mol. The van der Waals surface area contributed by atoms with E-state index in [0.29, 0.717) is 50.1 Å². The molecule has 0 radical (unpaired) electrons. The number of aryl methyl sites for hydroxylation is 1. The highest BCUT2D eigenvalue weighted by Gasteiger charge is 2.29. The summed E-state index contributed by atoms with van der Waals surface area (Å²) in [7, 11) is -3.65. The summed E-state index contributed by atoms with van der Waals surface area (Å²) in [5.74, 6) is 0.818. The van der Waals surface area contributed by atoms with Gasteiger partial charge in [-0.3, -0.25) is 9.69 Å². The van der Waals surface area contributed by atoms with Gasteiger partial charge in [-0.2, -0.15) is 4.31 Å². The lowest BCUT2D eigenvalue weighted by Crippen LogP contribution is -2.48. The molecule has 0 saturated carbocycles. The summed E-state index contributed by atoms with van der Waals surface area (Å²) in [4.78, 5) is 13.8. The fourth-order valence-corrected chi connectivity index (χ4v) is 5.02. The van der Waals surface area contributed by atoms with E-state index in [4.69, 9.17) is 4.42 Å². The zero-order valence-electron chi connectivity index (χ0n) is 17.5. The van der Waals surface area contributed by atoms with Crippen LogP contribution in [-0.2, 0) is 16.6 Å². The van der Waals surface area contributed by atoms with E-state index in [1.165, 1.54) is 23.4 Å². The van der Waals surface area contributed by atoms with Crippen LogP contribution in [0, 0.1) is 6.92 Å². The second-order valence-electron chi connectivity index (χ2n) is 7.63. The Morgan fingerprint density at radius 3 is 2.48 bits per heavy atom. The number of nitrogens with zero attached hydrogens (tertiary/aromatic N) is 4. The predicted octanol–water partition coefficient (Wildman–Crippen LogP) is 2.75. The second-order valence-corrected chi connectivity index (χ2v) is 9.57. The van der Waals surface area contributed by atoms with Gasteiger partial charge in [0.1, 0.15) is 0 Å². The van der Waals surface area contributed by atoms with E-state index >= 15 is 0 Å². The Morgan fingerprint density at radius 2 is 1.77 bits per heavy atom. The SMILES string of the molecule is CC(=O)c1cccc(S(=O)(=O)N2CCN(Cc3nnc(-c4cccc(C)c4)o3)CC2)c1. The average Bonchev–Trinajstić information content (AvgIpc) is 3.23. The molecule has 1 fully saturated rings. The van der Waals surface area contributed by atoms with Crippen LogP contribution >= 0.6 is 0 Å². The lowest BCUT2D eigenvalue weighted by atomic mass is 10.1. The maximum absolute atomic E-state index is 13.0. The highest BCUT2D eigenvalue weighted by molar-refractivity contribution is 7.89. The van der Waals surface area contributed by atoms with Crippen molar-refractivity contribution in [3.63, 3.8) is 0 Å². The molecular formula is C22H24N4O4S. The van der Waals surface area contributed by atoms with Crippen molar-refractivity contribution < 1.29 is 17.6 Å². The van der Waals surface area contributed by atoms with Gasteiger partial charge in [0.15, 0.2) is 5.78 Å². The summed E-state index contributed by atoms with van der Waals surface area (Å²) in [6, 6.07) is 14.0. The standard InChI is InChI=1S/C22H24N4O4S/c1-16-5-3-7-19(13-16)22-24-23-21(30-22)15-25-9-11-26(12-10-25)31(28,29)20-8-4-6-18(14-20)17(2)27/h3-8,13-14H,9-12,15H2,1-2H3. The van der Waals surface area contributed by atoms with Gasteiger partial charge in [0.05, 0.1) is 11.4 Å². The van der Waals surface area contributed by atoms with Gasteiger partial charge in [0, 0.05) is 37.3 Å². The van der Waals surface area contributed by atoms with Gasteiger partial charge in [-0.05, 0) is 38.1 Å². The van der Waals surface area contributed by atoms with E-state index in [2.05, 4.69) is 15.1 Å². The molecule has 1 aliphatic rings. The van der Waals surface area contributed by atoms with Crippen LogP contribution in [0.1, 0.15) is 28.7 Å². The third-order valence-electron chi connectivity index (χ3n) is 5.30. The molecule has 0 atom stereocenters. The number of hydrogen-bond acceptors (Lipinski definition) is 7. The van der Waals surface area contributed by atoms with Gasteiger partial charge >= 0.3 is 0 Å². The molecule has 0 bridgehead atoms. The normalized spacial score (nSPS) is 15.8. The van der Waals surface area contributed by atoms with E-state index in [1.54, 1.807) is 12.1 Å². The first-order chi connectivity index (χ1) is 14.8. The number of hydrogen-bond donors (Lipinski definition) is 0. The van der Waals surface area contributed by atoms with Gasteiger partial charge in [-0.1, -0.05) is 29.8 Å². The third kappa shape index (κ3) is 4.73. The molecule has 4 rings (SSSR count). The molecule has 0 spiro atoms. The lowest BCUT2D eigenvalue weighted by Gasteiger charge is -2.33. The summed E-state index contributed by atoms with van der Waals surface area (Å²) in [5.41, 5.74) is 2.38. The van der Waals surface area contributed by atoms with Crippen LogP contribution in [0.5, 0.6) is 0 Å². The number of carbonyl (C=O) groups excluding carboxylic acids is 1. The number of piperazine rings is 1. The molecule has 1 aliphatic heterocycles. The van der Waals surface area contributed by atoms with Crippen LogP contribution < -0.4 is 0 Å². The minimum atomic E-state index is -3.65. The van der Waals surface area contributed by atoms with E-state index in [0.717, 1.165) is 11.1 Å². The Bertz CT molecular complexity index is 1200. The largest absolute Gasteiger partial charge is 0.419 e. The number of ketones is 1. The molecule has 2 aromatic carbocycles. The van der Waals surface area contributed by atoms with Crippen molar-refractivity contribution in [2.24, 2.45) is 0 Å². The number of Topliss-reactive ketones (excluding diaryl/α,β-unsaturated/α-hetero) is 1. The van der Waals surface area contributed by atoms with Crippen LogP contribution in [0.3, 0.4) is 0 Å². The Balaban J connectivity index is 1.39. The molecule has 3 aromatic rings. The summed E-state index contributed by atoms with van der Waals surface area (Å²) in [5, 5.41) is 8.27. The summed E-state index contributed by atoms with van der Waals surface area (Å²) in [6.45, 7) is 5.70. The van der Waals surface area contributed by atoms with Crippen molar-refractivity contribution in [2.45, 2.75) is 25.3 Å². The number of sulfonamides is 1. The Kier molecular flexibility index (Phi) is 5.99. The van der Waals surface area contributed by atoms with Gasteiger partial charge in [0.25, 0.3) is 0 Å². The van der Waals surface area contributed by atoms with Gasteiger partial charge in [-0.25, -0.2) is 8.42 Å². The maximum Gasteiger partial charge on any atom is 0.247 e. The quantitative estimate of drug-likeness (QED) is 0.544.